The second kappa shape index (κ2) is 8.51. The minimum Gasteiger partial charge on any atom is -0.379 e. The maximum absolute atomic E-state index is 12.1. The molecule has 1 unspecified atom stereocenters. The van der Waals surface area contributed by atoms with Crippen molar-refractivity contribution in [3.63, 3.8) is 0 Å². The van der Waals surface area contributed by atoms with Gasteiger partial charge in [0.1, 0.15) is 0 Å². The van der Waals surface area contributed by atoms with Crippen molar-refractivity contribution < 1.29 is 14.3 Å². The molecule has 1 heterocycles. The van der Waals surface area contributed by atoms with E-state index >= 15 is 0 Å². The number of hydrogen-bond donors (Lipinski definition) is 1. The van der Waals surface area contributed by atoms with Gasteiger partial charge in [-0.25, -0.2) is 0 Å². The number of piperidine rings is 1. The number of nitrogens with two attached hydrogens (primary N) is 1. The van der Waals surface area contributed by atoms with Gasteiger partial charge in [0.25, 0.3) is 0 Å². The van der Waals surface area contributed by atoms with E-state index < -0.39 is 0 Å². The third-order valence-corrected chi connectivity index (χ3v) is 3.54. The van der Waals surface area contributed by atoms with Gasteiger partial charge in [-0.05, 0) is 25.7 Å². The van der Waals surface area contributed by atoms with Gasteiger partial charge in [-0.2, -0.15) is 0 Å². The highest BCUT2D eigenvalue weighted by molar-refractivity contribution is 5.82. The topological polar surface area (TPSA) is 64.8 Å². The number of carbonyl (C=O) groups is 1. The van der Waals surface area contributed by atoms with Crippen LogP contribution >= 0.6 is 0 Å². The van der Waals surface area contributed by atoms with Crippen molar-refractivity contribution in [1.29, 1.82) is 0 Å². The Morgan fingerprint density at radius 3 is 2.47 bits per heavy atom. The minimum absolute atomic E-state index is 0.0720. The van der Waals surface area contributed by atoms with Crippen molar-refractivity contribution >= 4 is 5.91 Å². The highest BCUT2D eigenvalue weighted by Gasteiger charge is 2.27. The molecule has 0 aromatic rings. The van der Waals surface area contributed by atoms with E-state index in [1.165, 1.54) is 0 Å². The van der Waals surface area contributed by atoms with Gasteiger partial charge >= 0.3 is 0 Å². The largest absolute Gasteiger partial charge is 0.379 e. The Bertz CT molecular complexity index is 263. The predicted octanol–water partition coefficient (Wildman–Crippen LogP) is 1.01. The first-order valence-corrected chi connectivity index (χ1v) is 7.30. The zero-order chi connectivity index (χ0) is 14.3. The zero-order valence-electron chi connectivity index (χ0n) is 12.4. The fourth-order valence-electron chi connectivity index (χ4n) is 2.16. The quantitative estimate of drug-likeness (QED) is 0.703. The monoisotopic (exact) mass is 272 g/mol. The van der Waals surface area contributed by atoms with Crippen LogP contribution in [-0.4, -0.2) is 55.9 Å². The van der Waals surface area contributed by atoms with E-state index in [9.17, 15) is 4.79 Å². The molecular formula is C14H28N2O3. The summed E-state index contributed by atoms with van der Waals surface area (Å²) < 4.78 is 11.0. The van der Waals surface area contributed by atoms with Crippen LogP contribution in [0.5, 0.6) is 0 Å². The molecule has 1 rings (SSSR count). The second-order valence-corrected chi connectivity index (χ2v) is 5.36. The number of nitrogens with zero attached hydrogens (tertiary/aromatic N) is 1. The average molecular weight is 272 g/mol. The molecule has 0 aliphatic carbocycles. The maximum atomic E-state index is 12.1. The van der Waals surface area contributed by atoms with Crippen molar-refractivity contribution in [2.75, 3.05) is 32.9 Å². The van der Waals surface area contributed by atoms with Crippen LogP contribution in [0.4, 0.5) is 0 Å². The molecule has 1 aliphatic rings. The third kappa shape index (κ3) is 5.47. The molecule has 1 aliphatic heterocycles. The number of amides is 1. The Kier molecular flexibility index (Phi) is 7.34. The molecule has 0 bridgehead atoms. The molecule has 0 radical (unpaired) electrons. The molecule has 0 spiro atoms. The molecule has 5 heteroatoms. The molecular weight excluding hydrogens is 244 g/mol. The first-order chi connectivity index (χ1) is 9.06. The van der Waals surface area contributed by atoms with Crippen molar-refractivity contribution in [2.24, 2.45) is 11.7 Å². The van der Waals surface area contributed by atoms with E-state index in [1.54, 1.807) is 0 Å². The summed E-state index contributed by atoms with van der Waals surface area (Å²) in [5.74, 6) is 0.260. The lowest BCUT2D eigenvalue weighted by Crippen LogP contribution is -2.50. The fourth-order valence-corrected chi connectivity index (χ4v) is 2.16. The number of hydrogen-bond acceptors (Lipinski definition) is 4. The highest BCUT2D eigenvalue weighted by Crippen LogP contribution is 2.15. The van der Waals surface area contributed by atoms with Crippen LogP contribution < -0.4 is 5.73 Å². The van der Waals surface area contributed by atoms with Gasteiger partial charge in [0.2, 0.25) is 5.91 Å². The molecule has 1 amide bonds. The summed E-state index contributed by atoms with van der Waals surface area (Å²) in [7, 11) is 0. The Hall–Kier alpha value is -0.650. The lowest BCUT2D eigenvalue weighted by Gasteiger charge is -2.34. The van der Waals surface area contributed by atoms with Gasteiger partial charge in [-0.1, -0.05) is 13.8 Å². The van der Waals surface area contributed by atoms with Crippen LogP contribution in [0.25, 0.3) is 0 Å². The summed E-state index contributed by atoms with van der Waals surface area (Å²) in [4.78, 5) is 14.0. The van der Waals surface area contributed by atoms with Crippen molar-refractivity contribution in [2.45, 2.75) is 45.8 Å². The van der Waals surface area contributed by atoms with Gasteiger partial charge in [0.15, 0.2) is 0 Å². The Balaban J connectivity index is 2.23. The van der Waals surface area contributed by atoms with Gasteiger partial charge < -0.3 is 20.1 Å². The van der Waals surface area contributed by atoms with Crippen molar-refractivity contribution in [3.8, 4) is 0 Å². The first-order valence-electron chi connectivity index (χ1n) is 7.30. The minimum atomic E-state index is -0.379. The van der Waals surface area contributed by atoms with Crippen LogP contribution in [-0.2, 0) is 14.3 Å². The van der Waals surface area contributed by atoms with E-state index in [4.69, 9.17) is 15.2 Å². The summed E-state index contributed by atoms with van der Waals surface area (Å²) in [5.41, 5.74) is 5.90. The van der Waals surface area contributed by atoms with Crippen LogP contribution in [0, 0.1) is 5.92 Å². The molecule has 0 aromatic carbocycles. The van der Waals surface area contributed by atoms with Crippen LogP contribution in [0.15, 0.2) is 0 Å². The van der Waals surface area contributed by atoms with Gasteiger partial charge in [-0.3, -0.25) is 4.79 Å². The lowest BCUT2D eigenvalue weighted by atomic mass is 10.0. The van der Waals surface area contributed by atoms with Crippen LogP contribution in [0.2, 0.25) is 0 Å². The Labute approximate surface area is 116 Å². The molecule has 5 nitrogen and oxygen atoms in total. The van der Waals surface area contributed by atoms with Crippen molar-refractivity contribution in [3.05, 3.63) is 0 Å². The van der Waals surface area contributed by atoms with Crippen molar-refractivity contribution in [1.82, 2.24) is 4.90 Å². The van der Waals surface area contributed by atoms with E-state index in [1.807, 2.05) is 25.7 Å². The summed E-state index contributed by atoms with van der Waals surface area (Å²) in [6, 6.07) is -0.379. The van der Waals surface area contributed by atoms with Crippen LogP contribution in [0.1, 0.15) is 33.6 Å². The van der Waals surface area contributed by atoms with Gasteiger partial charge in [-0.15, -0.1) is 0 Å². The van der Waals surface area contributed by atoms with Gasteiger partial charge in [0.05, 0.1) is 25.4 Å². The third-order valence-electron chi connectivity index (χ3n) is 3.54. The Morgan fingerprint density at radius 1 is 1.32 bits per heavy atom. The molecule has 2 N–H and O–H groups in total. The average Bonchev–Trinajstić information content (AvgIpc) is 2.42. The summed E-state index contributed by atoms with van der Waals surface area (Å²) >= 11 is 0. The first kappa shape index (κ1) is 16.4. The SMILES string of the molecule is CCOCCOC1CCN(C(=O)C(N)C(C)C)CC1. The molecule has 112 valence electrons. The standard InChI is InChI=1S/C14H28N2O3/c1-4-18-9-10-19-12-5-7-16(8-6-12)14(17)13(15)11(2)3/h11-13H,4-10,15H2,1-3H3. The zero-order valence-corrected chi connectivity index (χ0v) is 12.4. The van der Waals surface area contributed by atoms with E-state index in [-0.39, 0.29) is 24.0 Å². The molecule has 1 fully saturated rings. The molecule has 1 saturated heterocycles. The van der Waals surface area contributed by atoms with E-state index in [0.717, 1.165) is 32.5 Å². The fraction of sp³-hybridized carbons (Fsp3) is 0.929. The van der Waals surface area contributed by atoms with Gasteiger partial charge in [0, 0.05) is 19.7 Å². The number of carbonyl (C=O) groups excluding carboxylic acids is 1. The smallest absolute Gasteiger partial charge is 0.239 e. The molecule has 1 atom stereocenters. The predicted molar refractivity (Wildman–Crippen MR) is 74.9 cm³/mol. The normalized spacial score (nSPS) is 18.9. The molecule has 19 heavy (non-hydrogen) atoms. The lowest BCUT2D eigenvalue weighted by molar-refractivity contribution is -0.136. The highest BCUT2D eigenvalue weighted by atomic mass is 16.5. The number of ether oxygens (including phenoxy) is 2. The Morgan fingerprint density at radius 2 is 1.95 bits per heavy atom. The summed E-state index contributed by atoms with van der Waals surface area (Å²) in [5, 5.41) is 0. The second-order valence-electron chi connectivity index (χ2n) is 5.36. The van der Waals surface area contributed by atoms with E-state index in [0.29, 0.717) is 13.2 Å². The van der Waals surface area contributed by atoms with E-state index in [2.05, 4.69) is 0 Å². The summed E-state index contributed by atoms with van der Waals surface area (Å²) in [6.45, 7) is 9.44. The summed E-state index contributed by atoms with van der Waals surface area (Å²) in [6.07, 6.45) is 2.03. The number of likely N-dealkylation sites (tertiary alicyclic amines) is 1. The molecule has 0 aromatic heterocycles. The van der Waals surface area contributed by atoms with Crippen LogP contribution in [0.3, 0.4) is 0 Å². The number of rotatable bonds is 7. The molecule has 0 saturated carbocycles. The maximum Gasteiger partial charge on any atom is 0.239 e.